The number of ether oxygens (including phenoxy) is 3. The van der Waals surface area contributed by atoms with Crippen LogP contribution in [0.4, 0.5) is 4.39 Å². The molecule has 6 bridgehead atoms. The van der Waals surface area contributed by atoms with Gasteiger partial charge in [0.25, 0.3) is 17.7 Å². The number of halogens is 1. The van der Waals surface area contributed by atoms with Crippen LogP contribution in [0.1, 0.15) is 32.8 Å². The SMILES string of the molecule is COc1ccc2cc1-c1cccc(c1)OCC(=O)NCc1cc(F)cc(c1)O[C@@H]1CCN(C(=O)c3ccn[nH]3)C[C@H]1NC2=O. The molecule has 226 valence electrons. The number of H-pyrrole nitrogens is 1. The van der Waals surface area contributed by atoms with E-state index in [2.05, 4.69) is 20.8 Å². The number of amides is 3. The Balaban J connectivity index is 1.37. The normalized spacial score (nSPS) is 18.6. The molecule has 3 heterocycles. The molecule has 3 amide bonds. The molecule has 11 nitrogen and oxygen atoms in total. The number of carbonyl (C=O) groups excluding carboxylic acids is 3. The number of aromatic amines is 1. The number of nitrogens with one attached hydrogen (secondary N) is 3. The number of aromatic nitrogens is 2. The largest absolute Gasteiger partial charge is 0.496 e. The maximum atomic E-state index is 14.6. The average molecular weight is 600 g/mol. The maximum absolute atomic E-state index is 14.6. The summed E-state index contributed by atoms with van der Waals surface area (Å²) in [6, 6.07) is 17.3. The van der Waals surface area contributed by atoms with E-state index < -0.39 is 18.0 Å². The lowest BCUT2D eigenvalue weighted by molar-refractivity contribution is -0.123. The minimum atomic E-state index is -0.640. The highest BCUT2D eigenvalue weighted by Crippen LogP contribution is 2.33. The quantitative estimate of drug-likeness (QED) is 0.322. The zero-order valence-electron chi connectivity index (χ0n) is 23.8. The molecule has 3 N–H and O–H groups in total. The van der Waals surface area contributed by atoms with Crippen LogP contribution in [0.2, 0.25) is 0 Å². The van der Waals surface area contributed by atoms with Crippen LogP contribution in [0.3, 0.4) is 0 Å². The summed E-state index contributed by atoms with van der Waals surface area (Å²) in [6.07, 6.45) is 1.28. The molecule has 44 heavy (non-hydrogen) atoms. The molecule has 2 atom stereocenters. The Kier molecular flexibility index (Phi) is 8.13. The van der Waals surface area contributed by atoms with Gasteiger partial charge < -0.3 is 29.7 Å². The number of likely N-dealkylation sites (tertiary alicyclic amines) is 1. The molecular weight excluding hydrogens is 569 g/mol. The number of rotatable bonds is 2. The number of piperidine rings is 1. The van der Waals surface area contributed by atoms with Crippen molar-refractivity contribution in [2.75, 3.05) is 26.8 Å². The Hall–Kier alpha value is -5.39. The van der Waals surface area contributed by atoms with Gasteiger partial charge in [0.15, 0.2) is 6.61 Å². The predicted molar refractivity (Wildman–Crippen MR) is 157 cm³/mol. The standard InChI is InChI=1S/C32H30FN5O6/c1-42-28-6-5-21-14-25(28)20-3-2-4-23(13-20)43-18-30(39)34-16-19-11-22(33)15-24(12-19)44-29-8-10-38(17-27(29)36-31(21)40)32(41)26-7-9-35-37-26/h2-7,9,11-15,27,29H,8,10,16-18H2,1H3,(H,34,39)(H,35,37)(H,36,40)/t27-,29-/m1/s1. The van der Waals surface area contributed by atoms with Gasteiger partial charge >= 0.3 is 0 Å². The molecule has 0 aliphatic carbocycles. The smallest absolute Gasteiger partial charge is 0.271 e. The van der Waals surface area contributed by atoms with E-state index >= 15 is 0 Å². The minimum absolute atomic E-state index is 0.0523. The summed E-state index contributed by atoms with van der Waals surface area (Å²) >= 11 is 0. The first-order valence-corrected chi connectivity index (χ1v) is 14.1. The molecule has 6 rings (SSSR count). The van der Waals surface area contributed by atoms with Gasteiger partial charge in [-0.1, -0.05) is 12.1 Å². The highest BCUT2D eigenvalue weighted by molar-refractivity contribution is 5.97. The van der Waals surface area contributed by atoms with E-state index in [1.165, 1.54) is 25.4 Å². The van der Waals surface area contributed by atoms with Crippen molar-refractivity contribution in [2.24, 2.45) is 0 Å². The molecule has 0 spiro atoms. The lowest BCUT2D eigenvalue weighted by atomic mass is 9.99. The average Bonchev–Trinajstić information content (AvgIpc) is 3.58. The van der Waals surface area contributed by atoms with Crippen LogP contribution in [-0.2, 0) is 11.3 Å². The fourth-order valence-electron chi connectivity index (χ4n) is 5.39. The number of benzene rings is 3. The monoisotopic (exact) mass is 599 g/mol. The van der Waals surface area contributed by atoms with E-state index in [1.54, 1.807) is 53.4 Å². The van der Waals surface area contributed by atoms with Crippen LogP contribution in [0.5, 0.6) is 17.2 Å². The third-order valence-electron chi connectivity index (χ3n) is 7.57. The van der Waals surface area contributed by atoms with Gasteiger partial charge in [-0.15, -0.1) is 0 Å². The van der Waals surface area contributed by atoms with Crippen molar-refractivity contribution in [2.45, 2.75) is 25.1 Å². The van der Waals surface area contributed by atoms with Gasteiger partial charge in [0.1, 0.15) is 34.9 Å². The lowest BCUT2D eigenvalue weighted by Crippen LogP contribution is -2.58. The van der Waals surface area contributed by atoms with Crippen molar-refractivity contribution >= 4 is 17.7 Å². The topological polar surface area (TPSA) is 135 Å². The lowest BCUT2D eigenvalue weighted by Gasteiger charge is -2.38. The first-order valence-electron chi connectivity index (χ1n) is 14.1. The Bertz CT molecular complexity index is 1690. The molecule has 1 saturated heterocycles. The van der Waals surface area contributed by atoms with E-state index in [-0.39, 0.29) is 43.2 Å². The summed E-state index contributed by atoms with van der Waals surface area (Å²) in [6.45, 7) is 0.293. The zero-order valence-corrected chi connectivity index (χ0v) is 23.8. The maximum Gasteiger partial charge on any atom is 0.271 e. The zero-order chi connectivity index (χ0) is 30.6. The van der Waals surface area contributed by atoms with Gasteiger partial charge in [-0.3, -0.25) is 19.5 Å². The third kappa shape index (κ3) is 6.33. The van der Waals surface area contributed by atoms with Gasteiger partial charge in [0, 0.05) is 49.4 Å². The molecule has 1 aromatic heterocycles. The Morgan fingerprint density at radius 1 is 1.05 bits per heavy atom. The molecule has 4 aromatic rings. The van der Waals surface area contributed by atoms with E-state index in [4.69, 9.17) is 14.2 Å². The second-order valence-corrected chi connectivity index (χ2v) is 10.5. The minimum Gasteiger partial charge on any atom is -0.496 e. The second kappa shape index (κ2) is 12.5. The van der Waals surface area contributed by atoms with E-state index in [9.17, 15) is 18.8 Å². The molecule has 2 aliphatic heterocycles. The summed E-state index contributed by atoms with van der Waals surface area (Å²) in [5, 5.41) is 12.3. The van der Waals surface area contributed by atoms with Gasteiger partial charge in [-0.25, -0.2) is 4.39 Å². The predicted octanol–water partition coefficient (Wildman–Crippen LogP) is 3.33. The molecular formula is C32H30FN5O6. The highest BCUT2D eigenvalue weighted by atomic mass is 19.1. The van der Waals surface area contributed by atoms with E-state index in [0.29, 0.717) is 52.4 Å². The summed E-state index contributed by atoms with van der Waals surface area (Å²) < 4.78 is 32.2. The Morgan fingerprint density at radius 3 is 2.75 bits per heavy atom. The van der Waals surface area contributed by atoms with Crippen LogP contribution in [0.25, 0.3) is 11.1 Å². The third-order valence-corrected chi connectivity index (χ3v) is 7.57. The van der Waals surface area contributed by atoms with E-state index in [1.807, 2.05) is 6.07 Å². The fraction of sp³-hybridized carbons (Fsp3) is 0.250. The van der Waals surface area contributed by atoms with Gasteiger partial charge in [-0.05, 0) is 59.7 Å². The van der Waals surface area contributed by atoms with Crippen molar-refractivity contribution in [1.82, 2.24) is 25.7 Å². The van der Waals surface area contributed by atoms with Gasteiger partial charge in [-0.2, -0.15) is 5.10 Å². The van der Waals surface area contributed by atoms with Crippen molar-refractivity contribution in [1.29, 1.82) is 0 Å². The number of nitrogens with zero attached hydrogens (tertiary/aromatic N) is 2. The fourth-order valence-corrected chi connectivity index (χ4v) is 5.39. The molecule has 0 unspecified atom stereocenters. The van der Waals surface area contributed by atoms with Crippen LogP contribution >= 0.6 is 0 Å². The Morgan fingerprint density at radius 2 is 1.93 bits per heavy atom. The summed E-state index contributed by atoms with van der Waals surface area (Å²) in [7, 11) is 1.54. The van der Waals surface area contributed by atoms with Crippen LogP contribution < -0.4 is 24.8 Å². The second-order valence-electron chi connectivity index (χ2n) is 10.5. The first kappa shape index (κ1) is 28.7. The number of carbonyl (C=O) groups is 3. The molecule has 3 aromatic carbocycles. The van der Waals surface area contributed by atoms with E-state index in [0.717, 1.165) is 0 Å². The van der Waals surface area contributed by atoms with Gasteiger partial charge in [0.2, 0.25) is 0 Å². The molecule has 1 fully saturated rings. The number of hydrogen-bond acceptors (Lipinski definition) is 7. The molecule has 2 aliphatic rings. The molecule has 12 heteroatoms. The van der Waals surface area contributed by atoms with Crippen LogP contribution in [-0.4, -0.2) is 71.8 Å². The van der Waals surface area contributed by atoms with Crippen molar-refractivity contribution in [3.8, 4) is 28.4 Å². The van der Waals surface area contributed by atoms with Gasteiger partial charge in [0.05, 0.1) is 13.2 Å². The van der Waals surface area contributed by atoms with Crippen molar-refractivity contribution < 1.29 is 33.0 Å². The van der Waals surface area contributed by atoms with Crippen LogP contribution in [0.15, 0.2) is 72.9 Å². The number of hydrogen-bond donors (Lipinski definition) is 3. The summed E-state index contributed by atoms with van der Waals surface area (Å²) in [5.74, 6) is -0.344. The number of methoxy groups -OCH3 is 1. The first-order chi connectivity index (χ1) is 21.4. The van der Waals surface area contributed by atoms with Crippen LogP contribution in [0, 0.1) is 5.82 Å². The molecule has 0 saturated carbocycles. The van der Waals surface area contributed by atoms with Crippen molar-refractivity contribution in [3.63, 3.8) is 0 Å². The summed E-state index contributed by atoms with van der Waals surface area (Å²) in [4.78, 5) is 41.0. The Labute approximate surface area is 252 Å². The summed E-state index contributed by atoms with van der Waals surface area (Å²) in [5.41, 5.74) is 2.53. The highest BCUT2D eigenvalue weighted by Gasteiger charge is 2.35. The molecule has 0 radical (unpaired) electrons. The number of fused-ring (bicyclic) bond motifs is 8. The van der Waals surface area contributed by atoms with Crippen molar-refractivity contribution in [3.05, 3.63) is 95.6 Å².